The van der Waals surface area contributed by atoms with E-state index >= 15 is 0 Å². The fourth-order valence-electron chi connectivity index (χ4n) is 2.66. The Morgan fingerprint density at radius 2 is 2.10 bits per heavy atom. The summed E-state index contributed by atoms with van der Waals surface area (Å²) in [5, 5.41) is 7.38. The zero-order chi connectivity index (χ0) is 14.7. The van der Waals surface area contributed by atoms with E-state index in [-0.39, 0.29) is 5.91 Å². The predicted octanol–water partition coefficient (Wildman–Crippen LogP) is 2.30. The summed E-state index contributed by atoms with van der Waals surface area (Å²) in [5.74, 6) is 0.103. The number of hydrogen-bond acceptors (Lipinski definition) is 4. The molecule has 2 heterocycles. The number of carbonyl (C=O) groups is 1. The number of rotatable bonds is 4. The van der Waals surface area contributed by atoms with Crippen molar-refractivity contribution in [2.24, 2.45) is 0 Å². The first-order valence-electron chi connectivity index (χ1n) is 7.27. The van der Waals surface area contributed by atoms with E-state index in [0.29, 0.717) is 12.6 Å². The second kappa shape index (κ2) is 6.70. The number of likely N-dealkylation sites (tertiary alicyclic amines) is 1. The lowest BCUT2D eigenvalue weighted by atomic mass is 10.1. The fraction of sp³-hybridized carbons (Fsp3) is 0.667. The highest BCUT2D eigenvalue weighted by atomic mass is 32.1. The van der Waals surface area contributed by atoms with Crippen LogP contribution in [0.2, 0.25) is 0 Å². The maximum Gasteiger partial charge on any atom is 0.239 e. The predicted molar refractivity (Wildman–Crippen MR) is 85.7 cm³/mol. The first-order valence-corrected chi connectivity index (χ1v) is 8.09. The summed E-state index contributed by atoms with van der Waals surface area (Å²) in [5.41, 5.74) is 2.49. The van der Waals surface area contributed by atoms with Crippen LogP contribution in [0.3, 0.4) is 0 Å². The Morgan fingerprint density at radius 3 is 2.70 bits per heavy atom. The smallest absolute Gasteiger partial charge is 0.239 e. The van der Waals surface area contributed by atoms with Crippen LogP contribution in [0.5, 0.6) is 0 Å². The van der Waals surface area contributed by atoms with Gasteiger partial charge >= 0.3 is 0 Å². The average molecular weight is 295 g/mol. The van der Waals surface area contributed by atoms with Crippen LogP contribution in [0.25, 0.3) is 0 Å². The Bertz CT molecular complexity index is 484. The van der Waals surface area contributed by atoms with Gasteiger partial charge in [-0.15, -0.1) is 11.3 Å². The van der Waals surface area contributed by atoms with Crippen LogP contribution in [0.15, 0.2) is 0 Å². The van der Waals surface area contributed by atoms with Gasteiger partial charge in [-0.3, -0.25) is 9.69 Å². The molecule has 1 amide bonds. The normalized spacial score (nSPS) is 20.1. The van der Waals surface area contributed by atoms with Crippen LogP contribution in [0.1, 0.15) is 28.8 Å². The van der Waals surface area contributed by atoms with Gasteiger partial charge in [-0.25, -0.2) is 0 Å². The van der Waals surface area contributed by atoms with E-state index in [1.165, 1.54) is 22.4 Å². The molecule has 112 valence electrons. The number of nitrogens with one attached hydrogen (secondary N) is 2. The summed E-state index contributed by atoms with van der Waals surface area (Å²) in [6, 6.07) is 0.518. The Hall–Kier alpha value is -0.910. The quantitative estimate of drug-likeness (QED) is 0.896. The van der Waals surface area contributed by atoms with Crippen LogP contribution < -0.4 is 10.6 Å². The van der Waals surface area contributed by atoms with Crippen molar-refractivity contribution in [1.29, 1.82) is 0 Å². The molecule has 0 aromatic carbocycles. The molecule has 1 aromatic heterocycles. The third-order valence-corrected chi connectivity index (χ3v) is 5.45. The molecular weight excluding hydrogens is 270 g/mol. The van der Waals surface area contributed by atoms with E-state index in [0.717, 1.165) is 24.5 Å². The number of hydrogen-bond donors (Lipinski definition) is 2. The van der Waals surface area contributed by atoms with Crippen LogP contribution in [-0.2, 0) is 4.79 Å². The minimum absolute atomic E-state index is 0.103. The molecule has 1 unspecified atom stereocenters. The first-order chi connectivity index (χ1) is 9.51. The van der Waals surface area contributed by atoms with Gasteiger partial charge in [0.1, 0.15) is 0 Å². The summed E-state index contributed by atoms with van der Waals surface area (Å²) in [6.07, 6.45) is 2.37. The van der Waals surface area contributed by atoms with Gasteiger partial charge in [0.25, 0.3) is 0 Å². The maximum atomic E-state index is 12.2. The number of likely N-dealkylation sites (N-methyl/N-ethyl adjacent to an activating group) is 1. The zero-order valence-electron chi connectivity index (χ0n) is 12.9. The molecule has 0 bridgehead atoms. The van der Waals surface area contributed by atoms with E-state index < -0.39 is 0 Å². The number of carbonyl (C=O) groups excluding carboxylic acids is 1. The summed E-state index contributed by atoms with van der Waals surface area (Å²) in [6.45, 7) is 8.77. The molecule has 2 rings (SSSR count). The molecule has 1 aliphatic heterocycles. The molecule has 1 fully saturated rings. The Labute approximate surface area is 125 Å². The Morgan fingerprint density at radius 1 is 1.35 bits per heavy atom. The van der Waals surface area contributed by atoms with Gasteiger partial charge in [0.15, 0.2) is 0 Å². The number of nitrogens with zero attached hydrogens (tertiary/aromatic N) is 1. The summed E-state index contributed by atoms with van der Waals surface area (Å²) < 4.78 is 0. The van der Waals surface area contributed by atoms with E-state index in [1.807, 2.05) is 7.05 Å². The summed E-state index contributed by atoms with van der Waals surface area (Å²) in [4.78, 5) is 15.7. The molecule has 2 N–H and O–H groups in total. The second-order valence-electron chi connectivity index (χ2n) is 5.65. The van der Waals surface area contributed by atoms with Gasteiger partial charge < -0.3 is 10.6 Å². The van der Waals surface area contributed by atoms with Gasteiger partial charge in [0, 0.05) is 17.5 Å². The molecule has 0 aliphatic carbocycles. The van der Waals surface area contributed by atoms with E-state index in [2.05, 4.69) is 36.3 Å². The highest BCUT2D eigenvalue weighted by Crippen LogP contribution is 2.31. The van der Waals surface area contributed by atoms with Gasteiger partial charge in [0.05, 0.1) is 11.5 Å². The second-order valence-corrected chi connectivity index (χ2v) is 6.87. The van der Waals surface area contributed by atoms with Crippen molar-refractivity contribution in [3.8, 4) is 0 Å². The Balaban J connectivity index is 1.90. The first kappa shape index (κ1) is 15.5. The number of thiophene rings is 1. The SMILES string of the molecule is CNC1CCCN(CC(=O)Nc2sc(C)c(C)c2C)C1. The monoisotopic (exact) mass is 295 g/mol. The zero-order valence-corrected chi connectivity index (χ0v) is 13.7. The van der Waals surface area contributed by atoms with Crippen LogP contribution in [-0.4, -0.2) is 43.5 Å². The van der Waals surface area contributed by atoms with Crippen LogP contribution >= 0.6 is 11.3 Å². The minimum Gasteiger partial charge on any atom is -0.316 e. The maximum absolute atomic E-state index is 12.2. The highest BCUT2D eigenvalue weighted by molar-refractivity contribution is 7.16. The fourth-order valence-corrected chi connectivity index (χ4v) is 3.75. The summed E-state index contributed by atoms with van der Waals surface area (Å²) >= 11 is 1.67. The molecule has 1 aliphatic rings. The lowest BCUT2D eigenvalue weighted by Gasteiger charge is -2.31. The Kier molecular flexibility index (Phi) is 5.18. The molecule has 20 heavy (non-hydrogen) atoms. The largest absolute Gasteiger partial charge is 0.316 e. The van der Waals surface area contributed by atoms with E-state index in [1.54, 1.807) is 11.3 Å². The van der Waals surface area contributed by atoms with Crippen molar-refractivity contribution in [1.82, 2.24) is 10.2 Å². The van der Waals surface area contributed by atoms with E-state index in [4.69, 9.17) is 0 Å². The minimum atomic E-state index is 0.103. The number of piperidine rings is 1. The van der Waals surface area contributed by atoms with Gasteiger partial charge in [-0.2, -0.15) is 0 Å². The van der Waals surface area contributed by atoms with Gasteiger partial charge in [-0.1, -0.05) is 0 Å². The molecule has 0 spiro atoms. The van der Waals surface area contributed by atoms with Crippen molar-refractivity contribution >= 4 is 22.2 Å². The molecule has 4 nitrogen and oxygen atoms in total. The van der Waals surface area contributed by atoms with Gasteiger partial charge in [-0.05, 0) is 58.3 Å². The number of anilines is 1. The highest BCUT2D eigenvalue weighted by Gasteiger charge is 2.21. The topological polar surface area (TPSA) is 44.4 Å². The third kappa shape index (κ3) is 3.59. The van der Waals surface area contributed by atoms with Crippen molar-refractivity contribution < 1.29 is 4.79 Å². The molecular formula is C15H25N3OS. The third-order valence-electron chi connectivity index (χ3n) is 4.22. The van der Waals surface area contributed by atoms with Crippen molar-refractivity contribution in [3.63, 3.8) is 0 Å². The molecule has 1 saturated heterocycles. The molecule has 5 heteroatoms. The molecule has 0 saturated carbocycles. The lowest BCUT2D eigenvalue weighted by molar-refractivity contribution is -0.117. The number of amides is 1. The van der Waals surface area contributed by atoms with Crippen LogP contribution in [0, 0.1) is 20.8 Å². The summed E-state index contributed by atoms with van der Waals surface area (Å²) in [7, 11) is 1.99. The molecule has 0 radical (unpaired) electrons. The number of aryl methyl sites for hydroxylation is 1. The lowest BCUT2D eigenvalue weighted by Crippen LogP contribution is -2.46. The average Bonchev–Trinajstić information content (AvgIpc) is 2.66. The van der Waals surface area contributed by atoms with Crippen LogP contribution in [0.4, 0.5) is 5.00 Å². The van der Waals surface area contributed by atoms with E-state index in [9.17, 15) is 4.79 Å². The molecule has 1 aromatic rings. The van der Waals surface area contributed by atoms with Gasteiger partial charge in [0.2, 0.25) is 5.91 Å². The van der Waals surface area contributed by atoms with Crippen molar-refractivity contribution in [2.75, 3.05) is 32.0 Å². The van der Waals surface area contributed by atoms with Crippen molar-refractivity contribution in [2.45, 2.75) is 39.7 Å². The standard InChI is InChI=1S/C15H25N3OS/c1-10-11(2)15(20-12(10)3)17-14(19)9-18-7-5-6-13(8-18)16-4/h13,16H,5-9H2,1-4H3,(H,17,19). The van der Waals surface area contributed by atoms with Crippen molar-refractivity contribution in [3.05, 3.63) is 16.0 Å². The molecule has 1 atom stereocenters.